The van der Waals surface area contributed by atoms with Crippen LogP contribution in [0.3, 0.4) is 0 Å². The molecular formula is C82H182N4O31Si5. The highest BCUT2D eigenvalue weighted by Gasteiger charge is 2.41. The molecule has 35 nitrogen and oxygen atoms in total. The lowest BCUT2D eigenvalue weighted by Crippen LogP contribution is -2.47. The third-order valence-corrected chi connectivity index (χ3v) is 36.1. The van der Waals surface area contributed by atoms with Crippen LogP contribution in [0.4, 0.5) is 0 Å². The quantitative estimate of drug-likeness (QED) is 0.0248. The molecule has 0 spiro atoms. The number of rotatable bonds is 91. The van der Waals surface area contributed by atoms with E-state index < -0.39 is 92.9 Å². The van der Waals surface area contributed by atoms with Crippen molar-refractivity contribution in [3.05, 3.63) is 0 Å². The first kappa shape index (κ1) is 124. The summed E-state index contributed by atoms with van der Waals surface area (Å²) in [6.45, 7) is 21.4. The maximum Gasteiger partial charge on any atom is 0.500 e. The van der Waals surface area contributed by atoms with Crippen molar-refractivity contribution in [1.29, 1.82) is 0 Å². The molecule has 11 atom stereocenters. The Balaban J connectivity index is 0. The lowest BCUT2D eigenvalue weighted by molar-refractivity contribution is -0.0307. The molecule has 736 valence electrons. The second kappa shape index (κ2) is 79.3. The van der Waals surface area contributed by atoms with E-state index in [1.54, 1.807) is 107 Å². The highest BCUT2D eigenvalue weighted by Crippen LogP contribution is 2.22. The van der Waals surface area contributed by atoms with E-state index in [1.165, 1.54) is 19.3 Å². The molecule has 0 saturated carbocycles. The number of ether oxygens (including phenoxy) is 8. The van der Waals surface area contributed by atoms with Gasteiger partial charge >= 0.3 is 44.0 Å². The predicted octanol–water partition coefficient (Wildman–Crippen LogP) is 6.19. The van der Waals surface area contributed by atoms with E-state index in [0.717, 1.165) is 57.8 Å². The van der Waals surface area contributed by atoms with Crippen molar-refractivity contribution in [3.63, 3.8) is 0 Å². The fourth-order valence-electron chi connectivity index (χ4n) is 14.0. The zero-order valence-corrected chi connectivity index (χ0v) is 85.0. The Morgan fingerprint density at radius 2 is 0.352 bits per heavy atom. The molecule has 0 heterocycles. The average molecular weight is 1860 g/mol. The molecule has 0 aromatic heterocycles. The third-order valence-electron chi connectivity index (χ3n) is 21.9. The maximum absolute atomic E-state index is 11.1. The first-order valence-electron chi connectivity index (χ1n) is 44.9. The fourth-order valence-corrected chi connectivity index (χ4v) is 22.5. The predicted molar refractivity (Wildman–Crippen MR) is 481 cm³/mol. The Bertz CT molecular complexity index is 2030. The smallest absolute Gasteiger partial charge is 0.389 e. The Hall–Kier alpha value is -0.316. The summed E-state index contributed by atoms with van der Waals surface area (Å²) in [5.74, 6) is 1.43. The Labute approximate surface area is 743 Å². The zero-order chi connectivity index (χ0) is 91.8. The molecule has 122 heavy (non-hydrogen) atoms. The normalized spacial score (nSPS) is 15.6. The fraction of sp³-hybridized carbons (Fsp3) is 1.00. The summed E-state index contributed by atoms with van der Waals surface area (Å²) in [6, 6.07) is 2.80. The van der Waals surface area contributed by atoms with Crippen LogP contribution < -0.4 is 0 Å². The van der Waals surface area contributed by atoms with Crippen molar-refractivity contribution in [2.75, 3.05) is 291 Å². The summed E-state index contributed by atoms with van der Waals surface area (Å²) in [7, 11) is 9.75. The van der Waals surface area contributed by atoms with Crippen molar-refractivity contribution in [2.24, 2.45) is 17.8 Å². The molecule has 0 aromatic rings. The average Bonchev–Trinajstić information content (AvgIpc) is 0.917. The first-order valence-corrected chi connectivity index (χ1v) is 54.5. The van der Waals surface area contributed by atoms with Crippen LogP contribution in [0, 0.1) is 17.8 Å². The van der Waals surface area contributed by atoms with Gasteiger partial charge in [-0.2, -0.15) is 0 Å². The number of nitrogens with zero attached hydrogens (tertiary/aromatic N) is 4. The van der Waals surface area contributed by atoms with Crippen molar-refractivity contribution < 1.29 is 145 Å². The summed E-state index contributed by atoms with van der Waals surface area (Å²) < 4.78 is 129. The van der Waals surface area contributed by atoms with E-state index in [9.17, 15) is 40.9 Å². The summed E-state index contributed by atoms with van der Waals surface area (Å²) >= 11 is 0. The molecule has 0 aliphatic rings. The van der Waals surface area contributed by atoms with Gasteiger partial charge in [0.25, 0.3) is 0 Å². The summed E-state index contributed by atoms with van der Waals surface area (Å²) in [5, 5.41) is 89.0. The number of aliphatic hydroxyl groups is 8. The molecule has 8 N–H and O–H groups in total. The van der Waals surface area contributed by atoms with Crippen LogP contribution in [0.1, 0.15) is 151 Å². The van der Waals surface area contributed by atoms with Crippen molar-refractivity contribution in [3.8, 4) is 0 Å². The topological polar surface area (TPSA) is 387 Å². The maximum atomic E-state index is 11.1. The molecule has 0 aliphatic heterocycles. The van der Waals surface area contributed by atoms with Crippen LogP contribution >= 0.6 is 0 Å². The summed E-state index contributed by atoms with van der Waals surface area (Å²) in [6.07, 6.45) is 9.96. The zero-order valence-electron chi connectivity index (χ0n) is 80.0. The lowest BCUT2D eigenvalue weighted by Gasteiger charge is -2.32. The van der Waals surface area contributed by atoms with E-state index in [4.69, 9.17) is 104 Å². The molecule has 0 bridgehead atoms. The van der Waals surface area contributed by atoms with Crippen molar-refractivity contribution in [2.45, 2.75) is 230 Å². The van der Waals surface area contributed by atoms with Crippen LogP contribution in [0.5, 0.6) is 0 Å². The lowest BCUT2D eigenvalue weighted by atomic mass is 10.0. The standard InChI is InChI=1S/C44H94N2O11Si.C38H88N2O20Si4/c1-10-16-20-38(13-4)31-55-35-42(48)28-45(27-41(47)34-54-25-19-26-58(51-7,52-8)53-9)23-24-46(29-43(49)36-56-32-39(14-5)21-17-11-2)30-44(50)37-57-33-40(15-6)22-18-12-3;1-45-61(46-2,47-3)23-13-19-57-31-35(41)27-39(28-36(42)32-58-20-14-24-62(48-4,49-5)50-6)17-18-40(29-37(43)33-59-21-15-25-63(51-7,52-8)53-9)30-38(44)34-60-22-16-26-64(54-10,55-11)56-12/h38-44,47-50H,10-37H2,1-9H3;35-38,41-44H,13-34H2,1-12H3. The van der Waals surface area contributed by atoms with E-state index >= 15 is 0 Å². The second-order valence-corrected chi connectivity index (χ2v) is 47.0. The van der Waals surface area contributed by atoms with Gasteiger partial charge in [0.1, 0.15) is 0 Å². The van der Waals surface area contributed by atoms with Gasteiger partial charge in [-0.15, -0.1) is 0 Å². The van der Waals surface area contributed by atoms with Gasteiger partial charge in [0.2, 0.25) is 0 Å². The van der Waals surface area contributed by atoms with Gasteiger partial charge < -0.3 is 145 Å². The second-order valence-electron chi connectivity index (χ2n) is 31.5. The monoisotopic (exact) mass is 1860 g/mol. The summed E-state index contributed by atoms with van der Waals surface area (Å²) in [4.78, 5) is 7.88. The third kappa shape index (κ3) is 60.0. The van der Waals surface area contributed by atoms with Gasteiger partial charge in [-0.3, -0.25) is 19.6 Å². The van der Waals surface area contributed by atoms with Gasteiger partial charge in [-0.25, -0.2) is 0 Å². The molecule has 0 aromatic carbocycles. The van der Waals surface area contributed by atoms with Crippen LogP contribution in [0.2, 0.25) is 30.2 Å². The molecule has 0 fully saturated rings. The van der Waals surface area contributed by atoms with Gasteiger partial charge in [0.15, 0.2) is 0 Å². The largest absolute Gasteiger partial charge is 0.500 e. The van der Waals surface area contributed by atoms with E-state index in [0.29, 0.717) is 179 Å². The number of hydrogen-bond acceptors (Lipinski definition) is 35. The van der Waals surface area contributed by atoms with Crippen LogP contribution in [0.25, 0.3) is 0 Å². The Morgan fingerprint density at radius 3 is 0.484 bits per heavy atom. The Kier molecular flexibility index (Phi) is 80.4. The molecule has 0 aliphatic carbocycles. The van der Waals surface area contributed by atoms with Gasteiger partial charge in [-0.1, -0.05) is 99.3 Å². The molecule has 0 saturated heterocycles. The summed E-state index contributed by atoms with van der Waals surface area (Å²) in [5.41, 5.74) is 0. The minimum Gasteiger partial charge on any atom is -0.389 e. The van der Waals surface area contributed by atoms with Gasteiger partial charge in [0, 0.05) is 268 Å². The number of unbranched alkanes of at least 4 members (excludes halogenated alkanes) is 3. The molecule has 40 heteroatoms. The SMILES string of the molecule is CCCCC(CC)COCC(O)CN(CCN(CC(O)COCC(CC)CCCC)CC(O)COCC(CC)CCCC)CC(O)COCCC[Si](OC)(OC)OC.CO[Si](CCCOCC(O)CN(CCN(CC(O)COCCC[Si](OC)(OC)OC)CC(O)COCCC[Si](OC)(OC)OC)CC(O)COCCC[Si](OC)(OC)OC)(OC)OC. The highest BCUT2D eigenvalue weighted by atomic mass is 28.4. The number of hydrogen-bond donors (Lipinski definition) is 8. The van der Waals surface area contributed by atoms with Crippen LogP contribution in [-0.4, -0.2) is 444 Å². The van der Waals surface area contributed by atoms with Gasteiger partial charge in [-0.05, 0) is 69.1 Å². The first-order chi connectivity index (χ1) is 58.6. The minimum atomic E-state index is -2.75. The van der Waals surface area contributed by atoms with E-state index in [1.807, 2.05) is 19.6 Å². The molecule has 0 radical (unpaired) electrons. The highest BCUT2D eigenvalue weighted by molar-refractivity contribution is 6.62. The number of aliphatic hydroxyl groups excluding tert-OH is 8. The Morgan fingerprint density at radius 1 is 0.205 bits per heavy atom. The van der Waals surface area contributed by atoms with Crippen molar-refractivity contribution >= 4 is 44.0 Å². The molecule has 11 unspecified atom stereocenters. The van der Waals surface area contributed by atoms with E-state index in [-0.39, 0.29) is 85.6 Å². The molecule has 0 rings (SSSR count). The molecule has 0 amide bonds. The van der Waals surface area contributed by atoms with E-state index in [2.05, 4.69) is 41.5 Å². The minimum absolute atomic E-state index is 0.0516. The van der Waals surface area contributed by atoms with Crippen LogP contribution in [-0.2, 0) is 104 Å². The van der Waals surface area contributed by atoms with Crippen molar-refractivity contribution in [1.82, 2.24) is 19.6 Å². The molecular weight excluding hydrogens is 1680 g/mol. The van der Waals surface area contributed by atoms with Crippen LogP contribution in [0.15, 0.2) is 0 Å². The van der Waals surface area contributed by atoms with Gasteiger partial charge in [0.05, 0.1) is 102 Å².